The zero-order valence-corrected chi connectivity index (χ0v) is 18.9. The number of anilines is 1. The highest BCUT2D eigenvalue weighted by molar-refractivity contribution is 5.78. The van der Waals surface area contributed by atoms with Crippen LogP contribution in [0.25, 0.3) is 0 Å². The molecule has 0 saturated carbocycles. The van der Waals surface area contributed by atoms with Crippen LogP contribution in [-0.2, 0) is 11.3 Å². The third-order valence-corrected chi connectivity index (χ3v) is 5.58. The van der Waals surface area contributed by atoms with E-state index in [9.17, 15) is 4.79 Å². The molecule has 32 heavy (non-hydrogen) atoms. The number of rotatable bonds is 8. The van der Waals surface area contributed by atoms with Crippen molar-refractivity contribution in [1.29, 1.82) is 5.26 Å². The molecule has 0 unspecified atom stereocenters. The normalized spacial score (nSPS) is 14.2. The summed E-state index contributed by atoms with van der Waals surface area (Å²) < 4.78 is 16.1. The number of benzene rings is 2. The lowest BCUT2D eigenvalue weighted by molar-refractivity contribution is -0.122. The highest BCUT2D eigenvalue weighted by Crippen LogP contribution is 2.34. The monoisotopic (exact) mass is 438 g/mol. The van der Waals surface area contributed by atoms with E-state index in [4.69, 9.17) is 19.5 Å². The lowest BCUT2D eigenvalue weighted by atomic mass is 10.1. The molecule has 0 atom stereocenters. The summed E-state index contributed by atoms with van der Waals surface area (Å²) in [6.07, 6.45) is 0.969. The SMILES string of the molecule is COc1cc(OC)c(OC)cc1CNC(=O)CN1CCCN(c2ccc(C#N)cc2)CC1. The molecule has 0 aliphatic carbocycles. The van der Waals surface area contributed by atoms with Gasteiger partial charge in [-0.15, -0.1) is 0 Å². The molecule has 0 spiro atoms. The Hall–Kier alpha value is -3.44. The maximum absolute atomic E-state index is 12.6. The standard InChI is InChI=1S/C24H30N4O4/c1-30-21-14-23(32-3)22(31-2)13-19(21)16-26-24(29)17-27-9-4-10-28(12-11-27)20-7-5-18(15-25)6-8-20/h5-8,13-14H,4,9-12,16-17H2,1-3H3,(H,26,29). The third kappa shape index (κ3) is 5.83. The molecule has 0 aromatic heterocycles. The second-order valence-corrected chi connectivity index (χ2v) is 7.57. The quantitative estimate of drug-likeness (QED) is 0.677. The van der Waals surface area contributed by atoms with Crippen molar-refractivity contribution in [3.63, 3.8) is 0 Å². The van der Waals surface area contributed by atoms with Crippen molar-refractivity contribution < 1.29 is 19.0 Å². The van der Waals surface area contributed by atoms with Gasteiger partial charge in [0, 0.05) is 50.0 Å². The van der Waals surface area contributed by atoms with Crippen LogP contribution in [0.15, 0.2) is 36.4 Å². The maximum atomic E-state index is 12.6. The molecule has 1 N–H and O–H groups in total. The van der Waals surface area contributed by atoms with Crippen molar-refractivity contribution in [2.75, 3.05) is 59.0 Å². The Morgan fingerprint density at radius 2 is 1.66 bits per heavy atom. The lowest BCUT2D eigenvalue weighted by Crippen LogP contribution is -2.39. The average molecular weight is 439 g/mol. The number of hydrogen-bond acceptors (Lipinski definition) is 7. The molecule has 1 aliphatic rings. The van der Waals surface area contributed by atoms with E-state index in [0.29, 0.717) is 35.9 Å². The van der Waals surface area contributed by atoms with E-state index >= 15 is 0 Å². The van der Waals surface area contributed by atoms with E-state index in [2.05, 4.69) is 21.2 Å². The van der Waals surface area contributed by atoms with Gasteiger partial charge in [0.1, 0.15) is 5.75 Å². The highest BCUT2D eigenvalue weighted by Gasteiger charge is 2.18. The predicted octanol–water partition coefficient (Wildman–Crippen LogP) is 2.41. The number of hydrogen-bond donors (Lipinski definition) is 1. The second kappa shape index (κ2) is 11.3. The lowest BCUT2D eigenvalue weighted by Gasteiger charge is -2.23. The fourth-order valence-corrected chi connectivity index (χ4v) is 3.82. The van der Waals surface area contributed by atoms with Gasteiger partial charge >= 0.3 is 0 Å². The minimum atomic E-state index is -0.0336. The Morgan fingerprint density at radius 3 is 2.31 bits per heavy atom. The third-order valence-electron chi connectivity index (χ3n) is 5.58. The number of methoxy groups -OCH3 is 3. The van der Waals surface area contributed by atoms with Crippen LogP contribution in [0.2, 0.25) is 0 Å². The van der Waals surface area contributed by atoms with Gasteiger partial charge < -0.3 is 24.4 Å². The summed E-state index contributed by atoms with van der Waals surface area (Å²) in [6.45, 7) is 4.10. The van der Waals surface area contributed by atoms with E-state index in [1.165, 1.54) is 0 Å². The number of nitriles is 1. The molecular weight excluding hydrogens is 408 g/mol. The van der Waals surface area contributed by atoms with E-state index in [1.54, 1.807) is 27.4 Å². The number of carbonyl (C=O) groups excluding carboxylic acids is 1. The van der Waals surface area contributed by atoms with Gasteiger partial charge in [0.15, 0.2) is 11.5 Å². The molecule has 1 saturated heterocycles. The van der Waals surface area contributed by atoms with Crippen LogP contribution in [0.3, 0.4) is 0 Å². The number of nitrogens with one attached hydrogen (secondary N) is 1. The second-order valence-electron chi connectivity index (χ2n) is 7.57. The summed E-state index contributed by atoms with van der Waals surface area (Å²) in [6, 6.07) is 13.4. The van der Waals surface area contributed by atoms with Crippen LogP contribution in [0, 0.1) is 11.3 Å². The Labute approximate surface area is 189 Å². The Morgan fingerprint density at radius 1 is 0.969 bits per heavy atom. The van der Waals surface area contributed by atoms with Gasteiger partial charge in [-0.25, -0.2) is 0 Å². The van der Waals surface area contributed by atoms with Gasteiger partial charge in [-0.1, -0.05) is 0 Å². The van der Waals surface area contributed by atoms with Crippen molar-refractivity contribution in [2.45, 2.75) is 13.0 Å². The van der Waals surface area contributed by atoms with Crippen molar-refractivity contribution in [2.24, 2.45) is 0 Å². The fourth-order valence-electron chi connectivity index (χ4n) is 3.82. The zero-order chi connectivity index (χ0) is 22.9. The molecule has 170 valence electrons. The van der Waals surface area contributed by atoms with E-state index in [1.807, 2.05) is 30.3 Å². The first-order valence-electron chi connectivity index (χ1n) is 10.6. The first-order chi connectivity index (χ1) is 15.6. The van der Waals surface area contributed by atoms with E-state index in [0.717, 1.165) is 43.9 Å². The highest BCUT2D eigenvalue weighted by atomic mass is 16.5. The summed E-state index contributed by atoms with van der Waals surface area (Å²) in [5, 5.41) is 12.0. The van der Waals surface area contributed by atoms with Crippen molar-refractivity contribution in [1.82, 2.24) is 10.2 Å². The van der Waals surface area contributed by atoms with Crippen LogP contribution >= 0.6 is 0 Å². The van der Waals surface area contributed by atoms with Crippen LogP contribution in [0.5, 0.6) is 17.2 Å². The molecule has 8 nitrogen and oxygen atoms in total. The van der Waals surface area contributed by atoms with Crippen LogP contribution in [0.4, 0.5) is 5.69 Å². The number of ether oxygens (including phenoxy) is 3. The molecular formula is C24H30N4O4. The summed E-state index contributed by atoms with van der Waals surface area (Å²) in [5.41, 5.74) is 2.59. The first-order valence-corrected chi connectivity index (χ1v) is 10.6. The molecule has 0 radical (unpaired) electrons. The molecule has 1 heterocycles. The molecule has 2 aromatic carbocycles. The molecule has 2 aromatic rings. The Bertz CT molecular complexity index is 956. The molecule has 1 aliphatic heterocycles. The number of amides is 1. The van der Waals surface area contributed by atoms with Gasteiger partial charge in [-0.2, -0.15) is 5.26 Å². The van der Waals surface area contributed by atoms with Gasteiger partial charge in [0.25, 0.3) is 0 Å². The minimum absolute atomic E-state index is 0.0336. The van der Waals surface area contributed by atoms with E-state index in [-0.39, 0.29) is 5.91 Å². The Kier molecular flexibility index (Phi) is 8.17. The van der Waals surface area contributed by atoms with Crippen molar-refractivity contribution >= 4 is 11.6 Å². The largest absolute Gasteiger partial charge is 0.496 e. The minimum Gasteiger partial charge on any atom is -0.496 e. The Balaban J connectivity index is 1.53. The topological polar surface area (TPSA) is 87.1 Å². The predicted molar refractivity (Wildman–Crippen MR) is 122 cm³/mol. The van der Waals surface area contributed by atoms with Gasteiger partial charge in [-0.3, -0.25) is 9.69 Å². The van der Waals surface area contributed by atoms with Crippen LogP contribution in [0.1, 0.15) is 17.5 Å². The van der Waals surface area contributed by atoms with Gasteiger partial charge in [0.05, 0.1) is 39.5 Å². The summed E-state index contributed by atoms with van der Waals surface area (Å²) in [4.78, 5) is 17.1. The average Bonchev–Trinajstić information content (AvgIpc) is 3.07. The number of nitrogens with zero attached hydrogens (tertiary/aromatic N) is 3. The van der Waals surface area contributed by atoms with Gasteiger partial charge in [0.2, 0.25) is 5.91 Å². The molecule has 0 bridgehead atoms. The fraction of sp³-hybridized carbons (Fsp3) is 0.417. The first kappa shape index (κ1) is 23.2. The zero-order valence-electron chi connectivity index (χ0n) is 18.9. The van der Waals surface area contributed by atoms with Crippen LogP contribution in [-0.4, -0.2) is 64.9 Å². The van der Waals surface area contributed by atoms with E-state index < -0.39 is 0 Å². The molecule has 1 fully saturated rings. The summed E-state index contributed by atoms with van der Waals surface area (Å²) >= 11 is 0. The summed E-state index contributed by atoms with van der Waals surface area (Å²) in [7, 11) is 4.74. The molecule has 8 heteroatoms. The maximum Gasteiger partial charge on any atom is 0.234 e. The van der Waals surface area contributed by atoms with Crippen molar-refractivity contribution in [3.8, 4) is 23.3 Å². The van der Waals surface area contributed by atoms with Crippen LogP contribution < -0.4 is 24.4 Å². The number of carbonyl (C=O) groups is 1. The van der Waals surface area contributed by atoms with Crippen molar-refractivity contribution in [3.05, 3.63) is 47.5 Å². The summed E-state index contributed by atoms with van der Waals surface area (Å²) in [5.74, 6) is 1.77. The smallest absolute Gasteiger partial charge is 0.234 e. The molecule has 3 rings (SSSR count). The molecule has 1 amide bonds. The van der Waals surface area contributed by atoms with Gasteiger partial charge in [-0.05, 0) is 36.8 Å².